The van der Waals surface area contributed by atoms with Crippen molar-refractivity contribution in [3.63, 3.8) is 0 Å². The van der Waals surface area contributed by atoms with Gasteiger partial charge in [0, 0.05) is 44.1 Å². The summed E-state index contributed by atoms with van der Waals surface area (Å²) in [5.41, 5.74) is 0. The minimum atomic E-state index is -0.243. The fourth-order valence-corrected chi connectivity index (χ4v) is 3.42. The maximum Gasteiger partial charge on any atom is 0.165 e. The van der Waals surface area contributed by atoms with Crippen molar-refractivity contribution in [3.8, 4) is 0 Å². The maximum absolute atomic E-state index is 14.0. The Kier molecular flexibility index (Phi) is 5.45. The normalized spacial score (nSPS) is 18.3. The third-order valence-corrected chi connectivity index (χ3v) is 4.58. The maximum atomic E-state index is 14.0. The van der Waals surface area contributed by atoms with Crippen LogP contribution in [0, 0.1) is 5.82 Å². The highest BCUT2D eigenvalue weighted by atomic mass is 19.1. The van der Waals surface area contributed by atoms with Gasteiger partial charge in [-0.05, 0) is 52.0 Å². The van der Waals surface area contributed by atoms with Crippen molar-refractivity contribution < 1.29 is 4.39 Å². The highest BCUT2D eigenvalue weighted by molar-refractivity contribution is 5.40. The van der Waals surface area contributed by atoms with Crippen molar-refractivity contribution >= 4 is 5.82 Å². The molecule has 0 saturated carbocycles. The number of hydrogen-bond acceptors (Lipinski definition) is 4. The number of aryl methyl sites for hydroxylation is 1. The van der Waals surface area contributed by atoms with Crippen LogP contribution in [0.2, 0.25) is 0 Å². The zero-order chi connectivity index (χ0) is 16.9. The first-order valence-corrected chi connectivity index (χ1v) is 8.66. The van der Waals surface area contributed by atoms with Gasteiger partial charge < -0.3 is 14.4 Å². The largest absolute Gasteiger partial charge is 0.353 e. The van der Waals surface area contributed by atoms with E-state index in [4.69, 9.17) is 0 Å². The van der Waals surface area contributed by atoms with Crippen LogP contribution in [0.4, 0.5) is 10.2 Å². The summed E-state index contributed by atoms with van der Waals surface area (Å²) in [6.07, 6.45) is 8.82. The van der Waals surface area contributed by atoms with Crippen LogP contribution in [-0.2, 0) is 6.54 Å². The Balaban J connectivity index is 1.69. The molecule has 3 heterocycles. The molecule has 1 aliphatic rings. The van der Waals surface area contributed by atoms with Crippen molar-refractivity contribution in [2.75, 3.05) is 38.6 Å². The van der Waals surface area contributed by atoms with Crippen LogP contribution in [0.15, 0.2) is 30.7 Å². The van der Waals surface area contributed by atoms with Crippen molar-refractivity contribution in [2.24, 2.45) is 0 Å². The molecule has 0 unspecified atom stereocenters. The van der Waals surface area contributed by atoms with Crippen molar-refractivity contribution in [3.05, 3.63) is 42.4 Å². The lowest BCUT2D eigenvalue weighted by atomic mass is 9.97. The topological polar surface area (TPSA) is 37.2 Å². The first-order chi connectivity index (χ1) is 11.6. The molecule has 0 aromatic carbocycles. The number of aromatic nitrogens is 3. The zero-order valence-electron chi connectivity index (χ0n) is 14.5. The van der Waals surface area contributed by atoms with Gasteiger partial charge in [0.15, 0.2) is 11.6 Å². The van der Waals surface area contributed by atoms with E-state index in [1.807, 2.05) is 6.20 Å². The lowest BCUT2D eigenvalue weighted by molar-refractivity contribution is 0.380. The first-order valence-electron chi connectivity index (χ1n) is 8.66. The fourth-order valence-electron chi connectivity index (χ4n) is 3.42. The van der Waals surface area contributed by atoms with E-state index < -0.39 is 0 Å². The van der Waals surface area contributed by atoms with Crippen molar-refractivity contribution in [2.45, 2.75) is 31.7 Å². The van der Waals surface area contributed by atoms with E-state index in [2.05, 4.69) is 44.6 Å². The molecule has 5 nitrogen and oxygen atoms in total. The van der Waals surface area contributed by atoms with Crippen LogP contribution in [0.3, 0.4) is 0 Å². The molecule has 24 heavy (non-hydrogen) atoms. The zero-order valence-corrected chi connectivity index (χ0v) is 14.5. The van der Waals surface area contributed by atoms with Gasteiger partial charge in [-0.25, -0.2) is 14.4 Å². The molecule has 6 heteroatoms. The van der Waals surface area contributed by atoms with Gasteiger partial charge in [-0.1, -0.05) is 0 Å². The highest BCUT2D eigenvalue weighted by Crippen LogP contribution is 2.29. The summed E-state index contributed by atoms with van der Waals surface area (Å²) in [5, 5.41) is 0. The molecule has 1 fully saturated rings. The lowest BCUT2D eigenvalue weighted by Crippen LogP contribution is -2.36. The molecule has 0 spiro atoms. The Morgan fingerprint density at radius 2 is 2.17 bits per heavy atom. The van der Waals surface area contributed by atoms with E-state index in [-0.39, 0.29) is 5.82 Å². The molecule has 1 saturated heterocycles. The molecular weight excluding hydrogens is 305 g/mol. The van der Waals surface area contributed by atoms with E-state index in [9.17, 15) is 4.39 Å². The third kappa shape index (κ3) is 3.93. The van der Waals surface area contributed by atoms with Gasteiger partial charge in [-0.2, -0.15) is 0 Å². The van der Waals surface area contributed by atoms with Crippen LogP contribution < -0.4 is 4.90 Å². The lowest BCUT2D eigenvalue weighted by Gasteiger charge is -2.33. The monoisotopic (exact) mass is 331 g/mol. The van der Waals surface area contributed by atoms with Crippen LogP contribution in [0.25, 0.3) is 0 Å². The van der Waals surface area contributed by atoms with Gasteiger partial charge in [0.05, 0.1) is 0 Å². The molecule has 130 valence electrons. The average molecular weight is 331 g/mol. The van der Waals surface area contributed by atoms with Crippen LogP contribution in [0.1, 0.15) is 31.0 Å². The van der Waals surface area contributed by atoms with E-state index in [1.54, 1.807) is 12.3 Å². The van der Waals surface area contributed by atoms with Gasteiger partial charge in [0.25, 0.3) is 0 Å². The molecule has 2 aromatic rings. The summed E-state index contributed by atoms with van der Waals surface area (Å²) in [7, 11) is 4.19. The Labute approximate surface area is 143 Å². The predicted octanol–water partition coefficient (Wildman–Crippen LogP) is 2.75. The second kappa shape index (κ2) is 7.75. The van der Waals surface area contributed by atoms with E-state index in [1.165, 1.54) is 6.07 Å². The minimum Gasteiger partial charge on any atom is -0.353 e. The number of piperidine rings is 1. The van der Waals surface area contributed by atoms with Gasteiger partial charge in [0.1, 0.15) is 5.82 Å². The molecule has 0 N–H and O–H groups in total. The van der Waals surface area contributed by atoms with Gasteiger partial charge in [0.2, 0.25) is 0 Å². The van der Waals surface area contributed by atoms with E-state index in [0.29, 0.717) is 11.7 Å². The smallest absolute Gasteiger partial charge is 0.165 e. The summed E-state index contributed by atoms with van der Waals surface area (Å²) in [6, 6.07) is 3.12. The van der Waals surface area contributed by atoms with Crippen LogP contribution >= 0.6 is 0 Å². The SMILES string of the molecule is CN(C)CCCn1ccnc1[C@@H]1CCCN(c2ncccc2F)C1. The summed E-state index contributed by atoms with van der Waals surface area (Å²) in [5.74, 6) is 1.67. The Morgan fingerprint density at radius 3 is 2.96 bits per heavy atom. The summed E-state index contributed by atoms with van der Waals surface area (Å²) in [4.78, 5) is 13.1. The molecule has 2 aromatic heterocycles. The summed E-state index contributed by atoms with van der Waals surface area (Å²) >= 11 is 0. The number of imidazole rings is 1. The molecular formula is C18H26FN5. The second-order valence-electron chi connectivity index (χ2n) is 6.73. The van der Waals surface area contributed by atoms with E-state index in [0.717, 1.165) is 51.3 Å². The van der Waals surface area contributed by atoms with Gasteiger partial charge in [-0.3, -0.25) is 0 Å². The van der Waals surface area contributed by atoms with Crippen LogP contribution in [0.5, 0.6) is 0 Å². The Morgan fingerprint density at radius 1 is 1.29 bits per heavy atom. The number of pyridine rings is 1. The van der Waals surface area contributed by atoms with Gasteiger partial charge in [-0.15, -0.1) is 0 Å². The highest BCUT2D eigenvalue weighted by Gasteiger charge is 2.26. The number of rotatable bonds is 6. The van der Waals surface area contributed by atoms with Gasteiger partial charge >= 0.3 is 0 Å². The first kappa shape index (κ1) is 16.9. The number of hydrogen-bond donors (Lipinski definition) is 0. The second-order valence-corrected chi connectivity index (χ2v) is 6.73. The number of nitrogens with zero attached hydrogens (tertiary/aromatic N) is 5. The Hall–Kier alpha value is -1.95. The van der Waals surface area contributed by atoms with Crippen molar-refractivity contribution in [1.29, 1.82) is 0 Å². The third-order valence-electron chi connectivity index (χ3n) is 4.58. The summed E-state index contributed by atoms with van der Waals surface area (Å²) in [6.45, 7) is 3.67. The quantitative estimate of drug-likeness (QED) is 0.816. The molecule has 0 radical (unpaired) electrons. The fraction of sp³-hybridized carbons (Fsp3) is 0.556. The molecule has 0 aliphatic carbocycles. The minimum absolute atomic E-state index is 0.243. The number of anilines is 1. The summed E-state index contributed by atoms with van der Waals surface area (Å²) < 4.78 is 16.3. The van der Waals surface area contributed by atoms with E-state index >= 15 is 0 Å². The Bertz CT molecular complexity index is 654. The molecule has 1 aliphatic heterocycles. The van der Waals surface area contributed by atoms with Crippen molar-refractivity contribution in [1.82, 2.24) is 19.4 Å². The van der Waals surface area contributed by atoms with Crippen LogP contribution in [-0.4, -0.2) is 53.2 Å². The average Bonchev–Trinajstić information content (AvgIpc) is 3.03. The molecule has 0 bridgehead atoms. The predicted molar refractivity (Wildman–Crippen MR) is 93.8 cm³/mol. The molecule has 1 atom stereocenters. The number of halogens is 1. The molecule has 3 rings (SSSR count). The molecule has 0 amide bonds. The standard InChI is InChI=1S/C18H26FN5/c1-22(2)10-5-12-23-13-9-21-17(23)15-6-4-11-24(14-15)18-16(19)7-3-8-20-18/h3,7-9,13,15H,4-6,10-12,14H2,1-2H3/t15-/m1/s1.